The monoisotopic (exact) mass is 715 g/mol. The third-order valence-electron chi connectivity index (χ3n) is 11.9. The highest BCUT2D eigenvalue weighted by Crippen LogP contribution is 2.40. The lowest BCUT2D eigenvalue weighted by atomic mass is 9.74. The fourth-order valence-corrected chi connectivity index (χ4v) is 8.57. The number of carbonyl (C=O) groups is 2. The molecule has 3 fully saturated rings. The van der Waals surface area contributed by atoms with Crippen LogP contribution >= 0.6 is 0 Å². The number of cyclic esters (lactones) is 1. The van der Waals surface area contributed by atoms with Gasteiger partial charge >= 0.3 is 5.97 Å². The van der Waals surface area contributed by atoms with E-state index in [9.17, 15) is 24.9 Å². The number of aliphatic hydroxyl groups excluding tert-OH is 2. The summed E-state index contributed by atoms with van der Waals surface area (Å²) >= 11 is 0. The predicted molar refractivity (Wildman–Crippen MR) is 188 cm³/mol. The van der Waals surface area contributed by atoms with Gasteiger partial charge in [-0.15, -0.1) is 0 Å². The first-order chi connectivity index (χ1) is 23.2. The van der Waals surface area contributed by atoms with Crippen LogP contribution in [0.2, 0.25) is 0 Å². The number of ether oxygens (including phenoxy) is 6. The molecule has 17 atom stereocenters. The Morgan fingerprint density at radius 3 is 2.08 bits per heavy atom. The molecule has 0 aliphatic carbocycles. The largest absolute Gasteiger partial charge is 0.462 e. The zero-order chi connectivity index (χ0) is 37.9. The third kappa shape index (κ3) is 10.0. The van der Waals surface area contributed by atoms with Gasteiger partial charge in [0.1, 0.15) is 18.0 Å². The van der Waals surface area contributed by atoms with Gasteiger partial charge in [0.15, 0.2) is 12.6 Å². The molecule has 3 aliphatic rings. The number of likely N-dealkylation sites (N-methyl/N-ethyl adjacent to an activating group) is 1. The zero-order valence-corrected chi connectivity index (χ0v) is 33.0. The molecule has 12 heteroatoms. The molecule has 0 saturated carbocycles. The molecule has 0 unspecified atom stereocenters. The molecular formula is C38H69NO11. The number of methoxy groups -OCH3 is 1. The molecule has 3 heterocycles. The minimum atomic E-state index is -1.68. The minimum absolute atomic E-state index is 0.00952. The lowest BCUT2D eigenvalue weighted by Gasteiger charge is -2.48. The van der Waals surface area contributed by atoms with E-state index in [1.54, 1.807) is 41.7 Å². The van der Waals surface area contributed by atoms with Gasteiger partial charge in [-0.3, -0.25) is 9.59 Å². The van der Waals surface area contributed by atoms with E-state index >= 15 is 0 Å². The van der Waals surface area contributed by atoms with Crippen LogP contribution in [0.5, 0.6) is 0 Å². The number of hydrogen-bond acceptors (Lipinski definition) is 12. The van der Waals surface area contributed by atoms with Gasteiger partial charge in [-0.2, -0.15) is 0 Å². The maximum Gasteiger partial charge on any atom is 0.311 e. The van der Waals surface area contributed by atoms with E-state index < -0.39 is 89.9 Å². The molecule has 3 rings (SSSR count). The van der Waals surface area contributed by atoms with Crippen molar-refractivity contribution in [2.75, 3.05) is 20.7 Å². The molecule has 0 aromatic rings. The minimum Gasteiger partial charge on any atom is -0.462 e. The summed E-state index contributed by atoms with van der Waals surface area (Å²) in [6.45, 7) is 20.8. The standard InChI is InChI=1S/C38H69NO11/c1-14-28-23(6)31(41)24(7)30(40)20(3)17-38(11,44)34(50-36-32(42)27(39(12)15-2)16-21(4)47-36)25(8)33(26(9)35(43)48-28)49-29-19-37(10,45-13)18-22(5)46-29/h20-29,31-34,36,41-42,44H,14-19H2,1-13H3/t20-,21-,22+,23+,24+,25+,26-,27+,28-,29+,31+,32-,33+,34-,36+,37+,38-/m1/s1. The smallest absolute Gasteiger partial charge is 0.311 e. The number of rotatable bonds is 8. The van der Waals surface area contributed by atoms with Gasteiger partial charge in [0.2, 0.25) is 0 Å². The molecule has 3 N–H and O–H groups in total. The number of esters is 1. The van der Waals surface area contributed by atoms with Crippen LogP contribution in [-0.4, -0.2) is 125 Å². The van der Waals surface area contributed by atoms with Crippen molar-refractivity contribution in [3.05, 3.63) is 0 Å². The molecule has 12 nitrogen and oxygen atoms in total. The van der Waals surface area contributed by atoms with Gasteiger partial charge in [-0.05, 0) is 67.5 Å². The van der Waals surface area contributed by atoms with Crippen LogP contribution in [0.1, 0.15) is 108 Å². The molecule has 0 bridgehead atoms. The van der Waals surface area contributed by atoms with Crippen LogP contribution in [0.25, 0.3) is 0 Å². The second-order valence-corrected chi connectivity index (χ2v) is 16.3. The third-order valence-corrected chi connectivity index (χ3v) is 11.9. The topological polar surface area (TPSA) is 153 Å². The van der Waals surface area contributed by atoms with E-state index in [-0.39, 0.29) is 30.5 Å². The molecule has 3 saturated heterocycles. The molecule has 0 radical (unpaired) electrons. The SMILES string of the molecule is CC[C@H]1OC(=O)[C@H](C)[C@@H](O[C@H]2C[C@@](C)(OC)C[C@H](C)O2)[C@H](C)[C@@H](O[C@@H]2O[C@H](C)C[C@H](N(C)CC)[C@H]2O)[C@](C)(O)C[C@@H](C)C(=O)[C@H](C)[C@@H](O)[C@H]1C. The summed E-state index contributed by atoms with van der Waals surface area (Å²) < 4.78 is 37.9. The number of ketones is 1. The normalized spacial score (nSPS) is 47.5. The Kier molecular flexibility index (Phi) is 15.3. The van der Waals surface area contributed by atoms with E-state index in [1.807, 2.05) is 53.5 Å². The highest BCUT2D eigenvalue weighted by atomic mass is 16.7. The van der Waals surface area contributed by atoms with Crippen molar-refractivity contribution in [3.63, 3.8) is 0 Å². The van der Waals surface area contributed by atoms with Gasteiger partial charge in [-0.1, -0.05) is 41.5 Å². The Bertz CT molecular complexity index is 1110. The quantitative estimate of drug-likeness (QED) is 0.311. The Labute approximate surface area is 300 Å². The molecule has 0 aromatic heterocycles. The van der Waals surface area contributed by atoms with Gasteiger partial charge in [0.25, 0.3) is 0 Å². The van der Waals surface area contributed by atoms with Crippen molar-refractivity contribution in [2.24, 2.45) is 29.6 Å². The molecule has 0 spiro atoms. The molecular weight excluding hydrogens is 646 g/mol. The van der Waals surface area contributed by atoms with Crippen LogP contribution in [0.15, 0.2) is 0 Å². The fourth-order valence-electron chi connectivity index (χ4n) is 8.57. The van der Waals surface area contributed by atoms with Gasteiger partial charge in [0, 0.05) is 49.7 Å². The van der Waals surface area contributed by atoms with Gasteiger partial charge < -0.3 is 48.6 Å². The summed E-state index contributed by atoms with van der Waals surface area (Å²) in [5.74, 6) is -4.29. The number of carbonyl (C=O) groups excluding carboxylic acids is 2. The average Bonchev–Trinajstić information content (AvgIpc) is 3.06. The zero-order valence-electron chi connectivity index (χ0n) is 33.0. The van der Waals surface area contributed by atoms with Crippen molar-refractivity contribution in [3.8, 4) is 0 Å². The number of aliphatic hydroxyl groups is 3. The first kappa shape index (κ1) is 43.2. The summed E-state index contributed by atoms with van der Waals surface area (Å²) in [7, 11) is 3.59. The lowest BCUT2D eigenvalue weighted by Crippen LogP contribution is -2.60. The second-order valence-electron chi connectivity index (χ2n) is 16.3. The molecule has 0 aromatic carbocycles. The van der Waals surface area contributed by atoms with Crippen LogP contribution < -0.4 is 0 Å². The van der Waals surface area contributed by atoms with Crippen molar-refractivity contribution in [1.29, 1.82) is 0 Å². The Balaban J connectivity index is 2.15. The van der Waals surface area contributed by atoms with E-state index in [2.05, 4.69) is 0 Å². The predicted octanol–water partition coefficient (Wildman–Crippen LogP) is 4.09. The summed E-state index contributed by atoms with van der Waals surface area (Å²) in [4.78, 5) is 29.9. The van der Waals surface area contributed by atoms with E-state index in [4.69, 9.17) is 28.4 Å². The number of hydrogen-bond donors (Lipinski definition) is 3. The van der Waals surface area contributed by atoms with E-state index in [0.717, 1.165) is 0 Å². The van der Waals surface area contributed by atoms with Crippen molar-refractivity contribution in [2.45, 2.75) is 181 Å². The highest BCUT2D eigenvalue weighted by molar-refractivity contribution is 5.83. The molecule has 3 aliphatic heterocycles. The average molecular weight is 716 g/mol. The summed E-state index contributed by atoms with van der Waals surface area (Å²) in [6, 6.07) is -0.256. The first-order valence-electron chi connectivity index (χ1n) is 18.9. The van der Waals surface area contributed by atoms with Crippen LogP contribution in [0.3, 0.4) is 0 Å². The number of Topliss-reactive ketones (excluding diaryl/α,β-unsaturated/α-hetero) is 1. The maximum absolute atomic E-state index is 14.1. The van der Waals surface area contributed by atoms with Crippen LogP contribution in [0.4, 0.5) is 0 Å². The van der Waals surface area contributed by atoms with Crippen molar-refractivity contribution in [1.82, 2.24) is 4.90 Å². The van der Waals surface area contributed by atoms with E-state index in [1.165, 1.54) is 0 Å². The van der Waals surface area contributed by atoms with Crippen LogP contribution in [0, 0.1) is 29.6 Å². The number of nitrogens with zero attached hydrogens (tertiary/aromatic N) is 1. The Morgan fingerprint density at radius 2 is 1.50 bits per heavy atom. The van der Waals surface area contributed by atoms with Gasteiger partial charge in [-0.25, -0.2) is 0 Å². The maximum atomic E-state index is 14.1. The van der Waals surface area contributed by atoms with Crippen molar-refractivity contribution >= 4 is 11.8 Å². The molecule has 50 heavy (non-hydrogen) atoms. The highest BCUT2D eigenvalue weighted by Gasteiger charge is 2.51. The fraction of sp³-hybridized carbons (Fsp3) is 0.947. The van der Waals surface area contributed by atoms with Gasteiger partial charge in [0.05, 0.1) is 47.6 Å². The molecule has 0 amide bonds. The van der Waals surface area contributed by atoms with Crippen LogP contribution in [-0.2, 0) is 38.0 Å². The first-order valence-corrected chi connectivity index (χ1v) is 18.9. The second kappa shape index (κ2) is 17.7. The summed E-state index contributed by atoms with van der Waals surface area (Å²) in [5, 5.41) is 35.4. The summed E-state index contributed by atoms with van der Waals surface area (Å²) in [5.41, 5.74) is -2.20. The van der Waals surface area contributed by atoms with Crippen molar-refractivity contribution < 1.29 is 53.3 Å². The summed E-state index contributed by atoms with van der Waals surface area (Å²) in [6.07, 6.45) is -4.99. The Hall–Kier alpha value is -1.22. The van der Waals surface area contributed by atoms with E-state index in [0.29, 0.717) is 32.2 Å². The lowest BCUT2D eigenvalue weighted by molar-refractivity contribution is -0.310. The Morgan fingerprint density at radius 1 is 0.860 bits per heavy atom. The molecule has 292 valence electrons.